The van der Waals surface area contributed by atoms with Crippen molar-refractivity contribution in [3.63, 3.8) is 0 Å². The summed E-state index contributed by atoms with van der Waals surface area (Å²) in [4.78, 5) is 15.9. The van der Waals surface area contributed by atoms with Crippen molar-refractivity contribution in [3.05, 3.63) is 23.9 Å². The smallest absolute Gasteiger partial charge is 0.216 e. The first-order valence-corrected chi connectivity index (χ1v) is 5.34. The van der Waals surface area contributed by atoms with Gasteiger partial charge in [0.25, 0.3) is 0 Å². The van der Waals surface area contributed by atoms with Gasteiger partial charge in [-0.1, -0.05) is 12.5 Å². The Morgan fingerprint density at radius 3 is 3.07 bits per heavy atom. The molecular weight excluding hydrogens is 190 g/mol. The zero-order valence-corrected chi connectivity index (χ0v) is 8.90. The quantitative estimate of drug-likeness (QED) is 0.743. The monoisotopic (exact) mass is 205 g/mol. The normalized spacial score (nSPS) is 21.4. The number of nitrogens with zero attached hydrogens (tertiary/aromatic N) is 1. The SMILES string of the molecule is COc1ncccc1C1CCCCC1=O. The Morgan fingerprint density at radius 1 is 1.47 bits per heavy atom. The molecule has 3 heteroatoms. The summed E-state index contributed by atoms with van der Waals surface area (Å²) in [6.07, 6.45) is 5.46. The predicted molar refractivity (Wildman–Crippen MR) is 57.0 cm³/mol. The molecule has 1 fully saturated rings. The maximum absolute atomic E-state index is 11.8. The highest BCUT2D eigenvalue weighted by Gasteiger charge is 2.26. The first kappa shape index (κ1) is 10.1. The fraction of sp³-hybridized carbons (Fsp3) is 0.500. The van der Waals surface area contributed by atoms with Gasteiger partial charge in [-0.15, -0.1) is 0 Å². The number of Topliss-reactive ketones (excluding diaryl/α,β-unsaturated/α-hetero) is 1. The molecule has 1 aliphatic carbocycles. The van der Waals surface area contributed by atoms with Crippen LogP contribution in [0.15, 0.2) is 18.3 Å². The van der Waals surface area contributed by atoms with Crippen molar-refractivity contribution >= 4 is 5.78 Å². The van der Waals surface area contributed by atoms with Gasteiger partial charge in [0.05, 0.1) is 7.11 Å². The molecule has 0 spiro atoms. The van der Waals surface area contributed by atoms with Gasteiger partial charge in [0.15, 0.2) is 0 Å². The average Bonchev–Trinajstić information content (AvgIpc) is 2.30. The van der Waals surface area contributed by atoms with E-state index in [9.17, 15) is 4.79 Å². The second-order valence-electron chi connectivity index (χ2n) is 3.87. The first-order valence-electron chi connectivity index (χ1n) is 5.34. The molecule has 1 saturated carbocycles. The number of carbonyl (C=O) groups excluding carboxylic acids is 1. The van der Waals surface area contributed by atoms with E-state index in [4.69, 9.17) is 4.74 Å². The van der Waals surface area contributed by atoms with Crippen LogP contribution in [0.2, 0.25) is 0 Å². The van der Waals surface area contributed by atoms with Crippen molar-refractivity contribution in [2.24, 2.45) is 0 Å². The number of rotatable bonds is 2. The van der Waals surface area contributed by atoms with Crippen LogP contribution in [0.4, 0.5) is 0 Å². The highest BCUT2D eigenvalue weighted by atomic mass is 16.5. The highest BCUT2D eigenvalue weighted by Crippen LogP contribution is 2.33. The maximum atomic E-state index is 11.8. The third-order valence-corrected chi connectivity index (χ3v) is 2.92. The second kappa shape index (κ2) is 4.43. The first-order chi connectivity index (χ1) is 7.33. The molecule has 1 aromatic rings. The minimum absolute atomic E-state index is 0.00222. The molecule has 3 nitrogen and oxygen atoms in total. The van der Waals surface area contributed by atoms with Crippen LogP contribution in [0, 0.1) is 0 Å². The Hall–Kier alpha value is -1.38. The zero-order chi connectivity index (χ0) is 10.7. The standard InChI is InChI=1S/C12H15NO2/c1-15-12-10(6-4-8-13-12)9-5-2-3-7-11(9)14/h4,6,8-9H,2-3,5,7H2,1H3. The van der Waals surface area contributed by atoms with E-state index in [0.29, 0.717) is 18.1 Å². The summed E-state index contributed by atoms with van der Waals surface area (Å²) < 4.78 is 5.18. The number of carbonyl (C=O) groups is 1. The lowest BCUT2D eigenvalue weighted by Gasteiger charge is -2.21. The molecule has 15 heavy (non-hydrogen) atoms. The molecule has 80 valence electrons. The number of ketones is 1. The molecule has 0 aliphatic heterocycles. The minimum Gasteiger partial charge on any atom is -0.481 e. The predicted octanol–water partition coefficient (Wildman–Crippen LogP) is 2.32. The topological polar surface area (TPSA) is 39.2 Å². The highest BCUT2D eigenvalue weighted by molar-refractivity contribution is 5.86. The van der Waals surface area contributed by atoms with Crippen LogP contribution < -0.4 is 4.74 Å². The molecule has 0 saturated heterocycles. The van der Waals surface area contributed by atoms with Crippen LogP contribution in [0.1, 0.15) is 37.2 Å². The molecule has 1 atom stereocenters. The van der Waals surface area contributed by atoms with Crippen LogP contribution in [0.5, 0.6) is 5.88 Å². The molecule has 0 N–H and O–H groups in total. The third-order valence-electron chi connectivity index (χ3n) is 2.92. The molecule has 0 radical (unpaired) electrons. The van der Waals surface area contributed by atoms with E-state index < -0.39 is 0 Å². The lowest BCUT2D eigenvalue weighted by molar-refractivity contribution is -0.121. The number of hydrogen-bond donors (Lipinski definition) is 0. The molecule has 0 aromatic carbocycles. The molecule has 1 unspecified atom stereocenters. The van der Waals surface area contributed by atoms with Crippen molar-refractivity contribution in [2.75, 3.05) is 7.11 Å². The summed E-state index contributed by atoms with van der Waals surface area (Å²) >= 11 is 0. The van der Waals surface area contributed by atoms with Crippen LogP contribution in [0.25, 0.3) is 0 Å². The number of hydrogen-bond acceptors (Lipinski definition) is 3. The number of ether oxygens (including phenoxy) is 1. The van der Waals surface area contributed by atoms with Gasteiger partial charge in [0.2, 0.25) is 5.88 Å². The van der Waals surface area contributed by atoms with E-state index >= 15 is 0 Å². The summed E-state index contributed by atoms with van der Waals surface area (Å²) in [5.74, 6) is 0.924. The van der Waals surface area contributed by atoms with Gasteiger partial charge in [-0.05, 0) is 18.9 Å². The van der Waals surface area contributed by atoms with E-state index in [2.05, 4.69) is 4.98 Å². The Kier molecular flexibility index (Phi) is 2.99. The van der Waals surface area contributed by atoms with Gasteiger partial charge in [0.1, 0.15) is 5.78 Å². The second-order valence-corrected chi connectivity index (χ2v) is 3.87. The fourth-order valence-electron chi connectivity index (χ4n) is 2.15. The van der Waals surface area contributed by atoms with E-state index in [0.717, 1.165) is 24.8 Å². The van der Waals surface area contributed by atoms with Gasteiger partial charge < -0.3 is 4.74 Å². The van der Waals surface area contributed by atoms with E-state index in [1.54, 1.807) is 13.3 Å². The summed E-state index contributed by atoms with van der Waals surface area (Å²) in [6.45, 7) is 0. The van der Waals surface area contributed by atoms with Crippen molar-refractivity contribution < 1.29 is 9.53 Å². The minimum atomic E-state index is 0.00222. The Bertz CT molecular complexity index is 362. The Balaban J connectivity index is 2.30. The molecule has 1 aromatic heterocycles. The van der Waals surface area contributed by atoms with Crippen molar-refractivity contribution in [1.82, 2.24) is 4.98 Å². The third kappa shape index (κ3) is 2.01. The van der Waals surface area contributed by atoms with Gasteiger partial charge in [-0.25, -0.2) is 4.98 Å². The maximum Gasteiger partial charge on any atom is 0.216 e. The average molecular weight is 205 g/mol. The van der Waals surface area contributed by atoms with Crippen molar-refractivity contribution in [2.45, 2.75) is 31.6 Å². The lowest BCUT2D eigenvalue weighted by atomic mass is 9.83. The van der Waals surface area contributed by atoms with Crippen LogP contribution in [-0.4, -0.2) is 17.9 Å². The molecule has 0 bridgehead atoms. The number of aromatic nitrogens is 1. The number of methoxy groups -OCH3 is 1. The van der Waals surface area contributed by atoms with Gasteiger partial charge in [-0.3, -0.25) is 4.79 Å². The zero-order valence-electron chi connectivity index (χ0n) is 8.90. The molecular formula is C12H15NO2. The number of pyridine rings is 1. The van der Waals surface area contributed by atoms with Gasteiger partial charge in [-0.2, -0.15) is 0 Å². The van der Waals surface area contributed by atoms with Crippen LogP contribution in [-0.2, 0) is 4.79 Å². The summed E-state index contributed by atoms with van der Waals surface area (Å²) in [5.41, 5.74) is 0.949. The lowest BCUT2D eigenvalue weighted by Crippen LogP contribution is -2.17. The van der Waals surface area contributed by atoms with E-state index in [-0.39, 0.29) is 5.92 Å². The van der Waals surface area contributed by atoms with E-state index in [1.165, 1.54) is 0 Å². The van der Waals surface area contributed by atoms with Crippen LogP contribution in [0.3, 0.4) is 0 Å². The van der Waals surface area contributed by atoms with Gasteiger partial charge in [0, 0.05) is 24.1 Å². The van der Waals surface area contributed by atoms with Gasteiger partial charge >= 0.3 is 0 Å². The molecule has 1 aliphatic rings. The Labute approximate surface area is 89.5 Å². The molecule has 2 rings (SSSR count). The molecule has 1 heterocycles. The van der Waals surface area contributed by atoms with Crippen molar-refractivity contribution in [3.8, 4) is 5.88 Å². The summed E-state index contributed by atoms with van der Waals surface area (Å²) in [7, 11) is 1.60. The largest absolute Gasteiger partial charge is 0.481 e. The molecule has 0 amide bonds. The Morgan fingerprint density at radius 2 is 2.33 bits per heavy atom. The fourth-order valence-corrected chi connectivity index (χ4v) is 2.15. The summed E-state index contributed by atoms with van der Waals surface area (Å²) in [5, 5.41) is 0. The van der Waals surface area contributed by atoms with Crippen LogP contribution >= 0.6 is 0 Å². The van der Waals surface area contributed by atoms with Crippen molar-refractivity contribution in [1.29, 1.82) is 0 Å². The van der Waals surface area contributed by atoms with E-state index in [1.807, 2.05) is 12.1 Å². The summed E-state index contributed by atoms with van der Waals surface area (Å²) in [6, 6.07) is 3.81.